The highest BCUT2D eigenvalue weighted by Crippen LogP contribution is 2.26. The molecule has 1 heterocycles. The molecule has 0 amide bonds. The SMILES string of the molecule is CC(=O)O[C@@H]1[C@@H](OC(C)=O)[C@H]([NH3+])O[C@H](CO)[C@H]1OC(C)=O. The van der Waals surface area contributed by atoms with Gasteiger partial charge in [-0.3, -0.25) is 14.4 Å². The van der Waals surface area contributed by atoms with Gasteiger partial charge in [0.1, 0.15) is 6.10 Å². The summed E-state index contributed by atoms with van der Waals surface area (Å²) in [5, 5.41) is 9.32. The van der Waals surface area contributed by atoms with E-state index >= 15 is 0 Å². The molecular weight excluding hydrogens is 286 g/mol. The van der Waals surface area contributed by atoms with Crippen LogP contribution in [0.15, 0.2) is 0 Å². The molecule has 1 fully saturated rings. The first-order valence-electron chi connectivity index (χ1n) is 6.37. The van der Waals surface area contributed by atoms with Crippen LogP contribution in [0, 0.1) is 0 Å². The number of hydrogen-bond acceptors (Lipinski definition) is 8. The summed E-state index contributed by atoms with van der Waals surface area (Å²) in [7, 11) is 0. The minimum absolute atomic E-state index is 0.478. The van der Waals surface area contributed by atoms with E-state index in [-0.39, 0.29) is 0 Å². The van der Waals surface area contributed by atoms with Gasteiger partial charge in [0, 0.05) is 20.8 Å². The van der Waals surface area contributed by atoms with E-state index in [9.17, 15) is 19.5 Å². The van der Waals surface area contributed by atoms with Crippen LogP contribution in [0.3, 0.4) is 0 Å². The molecule has 0 aliphatic carbocycles. The molecule has 5 atom stereocenters. The van der Waals surface area contributed by atoms with Crippen LogP contribution in [0.5, 0.6) is 0 Å². The Morgan fingerprint density at radius 1 is 0.952 bits per heavy atom. The molecule has 0 radical (unpaired) electrons. The molecule has 0 aromatic carbocycles. The molecule has 1 saturated heterocycles. The number of quaternary nitrogens is 1. The lowest BCUT2D eigenvalue weighted by atomic mass is 9.97. The van der Waals surface area contributed by atoms with Crippen molar-refractivity contribution in [2.24, 2.45) is 0 Å². The van der Waals surface area contributed by atoms with E-state index in [2.05, 4.69) is 5.73 Å². The third-order valence-electron chi connectivity index (χ3n) is 2.82. The van der Waals surface area contributed by atoms with Gasteiger partial charge in [-0.05, 0) is 0 Å². The fourth-order valence-electron chi connectivity index (χ4n) is 2.13. The van der Waals surface area contributed by atoms with Crippen molar-refractivity contribution in [2.75, 3.05) is 6.61 Å². The van der Waals surface area contributed by atoms with E-state index in [4.69, 9.17) is 18.9 Å². The maximum atomic E-state index is 11.2. The zero-order chi connectivity index (χ0) is 16.2. The highest BCUT2D eigenvalue weighted by molar-refractivity contribution is 5.68. The highest BCUT2D eigenvalue weighted by atomic mass is 16.7. The Labute approximate surface area is 121 Å². The molecule has 0 aromatic rings. The molecule has 9 nitrogen and oxygen atoms in total. The summed E-state index contributed by atoms with van der Waals surface area (Å²) < 4.78 is 20.6. The molecule has 1 aliphatic heterocycles. The molecule has 1 aliphatic rings. The summed E-state index contributed by atoms with van der Waals surface area (Å²) in [6.07, 6.45) is -5.07. The second-order valence-electron chi connectivity index (χ2n) is 4.62. The van der Waals surface area contributed by atoms with Gasteiger partial charge in [-0.25, -0.2) is 0 Å². The minimum Gasteiger partial charge on any atom is -0.456 e. The lowest BCUT2D eigenvalue weighted by Crippen LogP contribution is -2.77. The maximum Gasteiger partial charge on any atom is 0.303 e. The van der Waals surface area contributed by atoms with Crippen molar-refractivity contribution in [2.45, 2.75) is 51.4 Å². The van der Waals surface area contributed by atoms with Crippen LogP contribution in [0.2, 0.25) is 0 Å². The predicted octanol–water partition coefficient (Wildman–Crippen LogP) is -2.26. The molecular formula is C12H20NO8+. The van der Waals surface area contributed by atoms with Crippen molar-refractivity contribution >= 4 is 17.9 Å². The monoisotopic (exact) mass is 306 g/mol. The summed E-state index contributed by atoms with van der Waals surface area (Å²) in [4.78, 5) is 33.6. The second kappa shape index (κ2) is 7.34. The van der Waals surface area contributed by atoms with Gasteiger partial charge in [0.15, 0.2) is 12.2 Å². The Balaban J connectivity index is 3.08. The number of ether oxygens (including phenoxy) is 4. The number of carbonyl (C=O) groups is 3. The van der Waals surface area contributed by atoms with Crippen molar-refractivity contribution in [1.82, 2.24) is 0 Å². The second-order valence-corrected chi connectivity index (χ2v) is 4.62. The molecule has 21 heavy (non-hydrogen) atoms. The fourth-order valence-corrected chi connectivity index (χ4v) is 2.13. The van der Waals surface area contributed by atoms with E-state index in [1.54, 1.807) is 0 Å². The van der Waals surface area contributed by atoms with Crippen LogP contribution in [0.1, 0.15) is 20.8 Å². The third kappa shape index (κ3) is 4.66. The first kappa shape index (κ1) is 17.3. The van der Waals surface area contributed by atoms with Crippen LogP contribution in [-0.4, -0.2) is 60.3 Å². The van der Waals surface area contributed by atoms with Crippen LogP contribution in [0.4, 0.5) is 0 Å². The van der Waals surface area contributed by atoms with Crippen molar-refractivity contribution in [3.8, 4) is 0 Å². The molecule has 120 valence electrons. The predicted molar refractivity (Wildman–Crippen MR) is 65.3 cm³/mol. The summed E-state index contributed by atoms with van der Waals surface area (Å²) >= 11 is 0. The Kier molecular flexibility index (Phi) is 6.06. The van der Waals surface area contributed by atoms with Gasteiger partial charge in [0.25, 0.3) is 0 Å². The number of hydrogen-bond donors (Lipinski definition) is 2. The van der Waals surface area contributed by atoms with Crippen LogP contribution in [0.25, 0.3) is 0 Å². The van der Waals surface area contributed by atoms with Crippen molar-refractivity contribution in [3.05, 3.63) is 0 Å². The topological polar surface area (TPSA) is 136 Å². The average molecular weight is 306 g/mol. The zero-order valence-electron chi connectivity index (χ0n) is 12.1. The Bertz CT molecular complexity index is 412. The molecule has 0 unspecified atom stereocenters. The average Bonchev–Trinajstić information content (AvgIpc) is 2.35. The van der Waals surface area contributed by atoms with Crippen molar-refractivity contribution in [1.29, 1.82) is 0 Å². The largest absolute Gasteiger partial charge is 0.456 e. The zero-order valence-corrected chi connectivity index (χ0v) is 12.1. The van der Waals surface area contributed by atoms with Crippen molar-refractivity contribution < 1.29 is 44.2 Å². The van der Waals surface area contributed by atoms with E-state index in [1.165, 1.54) is 6.92 Å². The first-order chi connectivity index (χ1) is 9.76. The third-order valence-corrected chi connectivity index (χ3v) is 2.82. The van der Waals surface area contributed by atoms with Crippen molar-refractivity contribution in [3.63, 3.8) is 0 Å². The Hall–Kier alpha value is -1.71. The van der Waals surface area contributed by atoms with Gasteiger partial charge in [0.2, 0.25) is 12.3 Å². The lowest BCUT2D eigenvalue weighted by Gasteiger charge is -2.41. The summed E-state index contributed by atoms with van der Waals surface area (Å²) in [6.45, 7) is 3.03. The smallest absolute Gasteiger partial charge is 0.303 e. The molecule has 0 spiro atoms. The van der Waals surface area contributed by atoms with E-state index in [0.717, 1.165) is 13.8 Å². The molecule has 4 N–H and O–H groups in total. The summed E-state index contributed by atoms with van der Waals surface area (Å²) in [5.74, 6) is -1.93. The quantitative estimate of drug-likeness (QED) is 0.439. The van der Waals surface area contributed by atoms with Gasteiger partial charge in [-0.2, -0.15) is 0 Å². The van der Waals surface area contributed by atoms with Crippen LogP contribution < -0.4 is 5.73 Å². The molecule has 1 rings (SSSR count). The van der Waals surface area contributed by atoms with Gasteiger partial charge >= 0.3 is 17.9 Å². The van der Waals surface area contributed by atoms with E-state index < -0.39 is 55.2 Å². The lowest BCUT2D eigenvalue weighted by molar-refractivity contribution is -0.531. The first-order valence-corrected chi connectivity index (χ1v) is 6.37. The van der Waals surface area contributed by atoms with Gasteiger partial charge < -0.3 is 29.8 Å². The maximum absolute atomic E-state index is 11.2. The van der Waals surface area contributed by atoms with E-state index in [0.29, 0.717) is 0 Å². The summed E-state index contributed by atoms with van der Waals surface area (Å²) in [6, 6.07) is 0. The Morgan fingerprint density at radius 3 is 1.81 bits per heavy atom. The molecule has 0 bridgehead atoms. The Morgan fingerprint density at radius 2 is 1.38 bits per heavy atom. The van der Waals surface area contributed by atoms with E-state index in [1.807, 2.05) is 0 Å². The van der Waals surface area contributed by atoms with Gasteiger partial charge in [0.05, 0.1) is 6.61 Å². The number of rotatable bonds is 4. The summed E-state index contributed by atoms with van der Waals surface area (Å²) in [5.41, 5.74) is 3.66. The number of carbonyl (C=O) groups excluding carboxylic acids is 3. The standard InChI is InChI=1S/C12H19NO8/c1-5(15)18-9-8(4-14)21-12(13)11(20-7(3)17)10(9)19-6(2)16/h8-12,14H,4,13H2,1-3H3/p+1/t8-,9-,10+,11-,12-/m1/s1. The van der Waals surface area contributed by atoms with Crippen LogP contribution in [-0.2, 0) is 33.3 Å². The fraction of sp³-hybridized carbons (Fsp3) is 0.750. The van der Waals surface area contributed by atoms with Crippen LogP contribution >= 0.6 is 0 Å². The molecule has 9 heteroatoms. The molecule has 0 aromatic heterocycles. The number of aliphatic hydroxyl groups excluding tert-OH is 1. The normalized spacial score (nSPS) is 32.1. The minimum atomic E-state index is -1.11. The number of aliphatic hydroxyl groups is 1. The number of esters is 3. The van der Waals surface area contributed by atoms with Gasteiger partial charge in [-0.1, -0.05) is 0 Å². The highest BCUT2D eigenvalue weighted by Gasteiger charge is 2.52. The molecule has 0 saturated carbocycles. The van der Waals surface area contributed by atoms with Gasteiger partial charge in [-0.15, -0.1) is 0 Å².